The van der Waals surface area contributed by atoms with E-state index < -0.39 is 0 Å². The predicted molar refractivity (Wildman–Crippen MR) is 112 cm³/mol. The lowest BCUT2D eigenvalue weighted by molar-refractivity contribution is 0.0650. The minimum absolute atomic E-state index is 0.0278. The van der Waals surface area contributed by atoms with Crippen LogP contribution in [0.1, 0.15) is 64.9 Å². The largest absolute Gasteiger partial charge is 0.508 e. The van der Waals surface area contributed by atoms with Crippen LogP contribution < -0.4 is 0 Å². The summed E-state index contributed by atoms with van der Waals surface area (Å²) in [5, 5.41) is 25.7. The van der Waals surface area contributed by atoms with E-state index in [0.29, 0.717) is 19.0 Å². The number of aliphatic hydroxyl groups is 2. The van der Waals surface area contributed by atoms with E-state index in [-0.39, 0.29) is 13.2 Å². The molecule has 0 saturated heterocycles. The van der Waals surface area contributed by atoms with Gasteiger partial charge in [0.15, 0.2) is 0 Å². The Kier molecular flexibility index (Phi) is 25.8. The van der Waals surface area contributed by atoms with Crippen LogP contribution >= 0.6 is 0 Å². The van der Waals surface area contributed by atoms with E-state index >= 15 is 0 Å². The summed E-state index contributed by atoms with van der Waals surface area (Å²) in [6.45, 7) is 8.60. The molecule has 0 fully saturated rings. The van der Waals surface area contributed by atoms with Gasteiger partial charge in [0.1, 0.15) is 5.75 Å². The highest BCUT2D eigenvalue weighted by Crippen LogP contribution is 2.18. The lowest BCUT2D eigenvalue weighted by atomic mass is 10.0. The molecule has 3 N–H and O–H groups in total. The predicted octanol–water partition coefficient (Wildman–Crippen LogP) is 4.33. The number of hydrogen-bond donors (Lipinski definition) is 3. The third kappa shape index (κ3) is 22.8. The molecule has 0 aliphatic carbocycles. The molecule has 0 aliphatic heterocycles. The van der Waals surface area contributed by atoms with Gasteiger partial charge in [0.05, 0.1) is 26.4 Å². The molecule has 1 aromatic carbocycles. The van der Waals surface area contributed by atoms with Crippen LogP contribution in [0.4, 0.5) is 0 Å². The monoisotopic (exact) mass is 386 g/mol. The van der Waals surface area contributed by atoms with E-state index in [1.165, 1.54) is 38.5 Å². The number of ether oxygens (including phenoxy) is 2. The summed E-state index contributed by atoms with van der Waals surface area (Å²) in [5.41, 5.74) is 1.09. The SMILES string of the molecule is CCCCCCCCc1ccccc1O.CCOCC.OCCOCCO. The smallest absolute Gasteiger partial charge is 0.118 e. The number of hydrogen-bond acceptors (Lipinski definition) is 5. The highest BCUT2D eigenvalue weighted by atomic mass is 16.5. The van der Waals surface area contributed by atoms with Crippen LogP contribution in [0.2, 0.25) is 0 Å². The van der Waals surface area contributed by atoms with Gasteiger partial charge in [-0.1, -0.05) is 57.2 Å². The van der Waals surface area contributed by atoms with Gasteiger partial charge in [0.2, 0.25) is 0 Å². The normalized spacial score (nSPS) is 9.81. The molecule has 1 aromatic rings. The molecule has 5 nitrogen and oxygen atoms in total. The van der Waals surface area contributed by atoms with Gasteiger partial charge >= 0.3 is 0 Å². The van der Waals surface area contributed by atoms with E-state index in [1.54, 1.807) is 6.07 Å². The highest BCUT2D eigenvalue weighted by Gasteiger charge is 1.98. The molecule has 27 heavy (non-hydrogen) atoms. The van der Waals surface area contributed by atoms with Crippen molar-refractivity contribution in [3.8, 4) is 5.75 Å². The van der Waals surface area contributed by atoms with Crippen molar-refractivity contribution in [2.45, 2.75) is 65.7 Å². The average molecular weight is 387 g/mol. The number of aryl methyl sites for hydroxylation is 1. The van der Waals surface area contributed by atoms with Crippen molar-refractivity contribution < 1.29 is 24.8 Å². The molecular weight excluding hydrogens is 344 g/mol. The molecule has 160 valence electrons. The number of aliphatic hydroxyl groups excluding tert-OH is 2. The van der Waals surface area contributed by atoms with Crippen LogP contribution in [0.5, 0.6) is 5.75 Å². The second-order valence-electron chi connectivity index (χ2n) is 5.99. The van der Waals surface area contributed by atoms with Crippen molar-refractivity contribution >= 4 is 0 Å². The van der Waals surface area contributed by atoms with E-state index in [2.05, 4.69) is 11.7 Å². The second kappa shape index (κ2) is 24.9. The maximum absolute atomic E-state index is 9.55. The van der Waals surface area contributed by atoms with Crippen molar-refractivity contribution in [3.05, 3.63) is 29.8 Å². The fourth-order valence-electron chi connectivity index (χ4n) is 2.25. The zero-order chi connectivity index (χ0) is 20.6. The summed E-state index contributed by atoms with van der Waals surface area (Å²) in [6.07, 6.45) is 8.85. The maximum atomic E-state index is 9.55. The molecule has 0 aromatic heterocycles. The van der Waals surface area contributed by atoms with Crippen LogP contribution in [0.15, 0.2) is 24.3 Å². The Bertz CT molecular complexity index is 379. The van der Waals surface area contributed by atoms with Gasteiger partial charge in [-0.05, 0) is 38.3 Å². The van der Waals surface area contributed by atoms with Gasteiger partial charge < -0.3 is 24.8 Å². The van der Waals surface area contributed by atoms with Crippen LogP contribution in [0.3, 0.4) is 0 Å². The fourth-order valence-corrected chi connectivity index (χ4v) is 2.25. The van der Waals surface area contributed by atoms with E-state index in [4.69, 9.17) is 14.9 Å². The summed E-state index contributed by atoms with van der Waals surface area (Å²) in [4.78, 5) is 0. The average Bonchev–Trinajstić information content (AvgIpc) is 2.68. The third-order valence-corrected chi connectivity index (χ3v) is 3.67. The Morgan fingerprint density at radius 3 is 1.78 bits per heavy atom. The number of phenolic OH excluding ortho intramolecular Hbond substituents is 1. The Balaban J connectivity index is 0. The Hall–Kier alpha value is -1.14. The number of para-hydroxylation sites is 1. The third-order valence-electron chi connectivity index (χ3n) is 3.67. The molecule has 5 heteroatoms. The first-order chi connectivity index (χ1) is 13.2. The number of unbranched alkanes of at least 4 members (excludes halogenated alkanes) is 5. The molecule has 0 bridgehead atoms. The molecule has 0 heterocycles. The molecule has 0 amide bonds. The summed E-state index contributed by atoms with van der Waals surface area (Å²) in [6, 6.07) is 7.65. The van der Waals surface area contributed by atoms with Crippen molar-refractivity contribution in [3.63, 3.8) is 0 Å². The molecule has 1 rings (SSSR count). The lowest BCUT2D eigenvalue weighted by Gasteiger charge is -2.03. The van der Waals surface area contributed by atoms with E-state index in [9.17, 15) is 5.11 Å². The zero-order valence-corrected chi connectivity index (χ0v) is 17.7. The molecule has 0 aliphatic rings. The minimum atomic E-state index is 0.0278. The Morgan fingerprint density at radius 2 is 1.30 bits per heavy atom. The first-order valence-electron chi connectivity index (χ1n) is 10.3. The van der Waals surface area contributed by atoms with E-state index in [1.807, 2.05) is 32.0 Å². The standard InChI is InChI=1S/C14H22O.C4H10O3.C4H10O/c1-2-3-4-5-6-7-10-13-11-8-9-12-14(13)15;5-1-3-7-4-2-6;1-3-5-4-2/h8-9,11-12,15H,2-7,10H2,1H3;5-6H,1-4H2;3-4H2,1-2H3. The number of rotatable bonds is 13. The van der Waals surface area contributed by atoms with Gasteiger partial charge in [-0.2, -0.15) is 0 Å². The molecular formula is C22H42O5. The van der Waals surface area contributed by atoms with Crippen LogP contribution in [0, 0.1) is 0 Å². The number of phenols is 1. The molecule has 0 saturated carbocycles. The van der Waals surface area contributed by atoms with Crippen molar-refractivity contribution in [2.24, 2.45) is 0 Å². The molecule has 0 spiro atoms. The quantitative estimate of drug-likeness (QED) is 0.440. The lowest BCUT2D eigenvalue weighted by Crippen LogP contribution is -2.03. The molecule has 0 unspecified atom stereocenters. The Labute approximate surface area is 166 Å². The number of aromatic hydroxyl groups is 1. The summed E-state index contributed by atoms with van der Waals surface area (Å²) >= 11 is 0. The van der Waals surface area contributed by atoms with Crippen molar-refractivity contribution in [1.82, 2.24) is 0 Å². The maximum Gasteiger partial charge on any atom is 0.118 e. The first kappa shape index (κ1) is 28.1. The minimum Gasteiger partial charge on any atom is -0.508 e. The van der Waals surface area contributed by atoms with Crippen LogP contribution in [-0.2, 0) is 15.9 Å². The zero-order valence-electron chi connectivity index (χ0n) is 17.7. The number of benzene rings is 1. The van der Waals surface area contributed by atoms with Gasteiger partial charge in [-0.15, -0.1) is 0 Å². The van der Waals surface area contributed by atoms with Crippen molar-refractivity contribution in [1.29, 1.82) is 0 Å². The first-order valence-corrected chi connectivity index (χ1v) is 10.3. The fraction of sp³-hybridized carbons (Fsp3) is 0.727. The van der Waals surface area contributed by atoms with Crippen LogP contribution in [0.25, 0.3) is 0 Å². The van der Waals surface area contributed by atoms with Crippen molar-refractivity contribution in [2.75, 3.05) is 39.6 Å². The van der Waals surface area contributed by atoms with Crippen LogP contribution in [-0.4, -0.2) is 55.0 Å². The summed E-state index contributed by atoms with van der Waals surface area (Å²) in [5.74, 6) is 0.450. The van der Waals surface area contributed by atoms with Gasteiger partial charge in [0, 0.05) is 13.2 Å². The Morgan fingerprint density at radius 1 is 0.741 bits per heavy atom. The summed E-state index contributed by atoms with van der Waals surface area (Å²) < 4.78 is 9.47. The molecule has 0 atom stereocenters. The van der Waals surface area contributed by atoms with Gasteiger partial charge in [0.25, 0.3) is 0 Å². The van der Waals surface area contributed by atoms with Gasteiger partial charge in [-0.3, -0.25) is 0 Å². The second-order valence-corrected chi connectivity index (χ2v) is 5.99. The molecule has 0 radical (unpaired) electrons. The van der Waals surface area contributed by atoms with Gasteiger partial charge in [-0.25, -0.2) is 0 Å². The summed E-state index contributed by atoms with van der Waals surface area (Å²) in [7, 11) is 0. The highest BCUT2D eigenvalue weighted by molar-refractivity contribution is 5.31. The topological polar surface area (TPSA) is 79.2 Å². The van der Waals surface area contributed by atoms with E-state index in [0.717, 1.165) is 25.2 Å².